The SMILES string of the molecule is CCCN(CC(=O)Nc1ccccc1C(F)(F)F)Cc1nc2ccsc2c(=O)[nH]1. The quantitative estimate of drug-likeness (QED) is 0.604. The van der Waals surface area contributed by atoms with Gasteiger partial charge in [0.25, 0.3) is 5.56 Å². The van der Waals surface area contributed by atoms with Crippen molar-refractivity contribution in [2.45, 2.75) is 26.1 Å². The minimum Gasteiger partial charge on any atom is -0.324 e. The Kier molecular flexibility index (Phi) is 6.33. The number of thiophene rings is 1. The summed E-state index contributed by atoms with van der Waals surface area (Å²) < 4.78 is 39.8. The molecule has 10 heteroatoms. The fourth-order valence-electron chi connectivity index (χ4n) is 2.97. The average Bonchev–Trinajstić information content (AvgIpc) is 3.10. The van der Waals surface area contributed by atoms with Crippen molar-refractivity contribution in [1.82, 2.24) is 14.9 Å². The van der Waals surface area contributed by atoms with E-state index in [0.29, 0.717) is 22.6 Å². The molecule has 3 aromatic rings. The van der Waals surface area contributed by atoms with Crippen molar-refractivity contribution in [3.8, 4) is 0 Å². The van der Waals surface area contributed by atoms with Gasteiger partial charge < -0.3 is 10.3 Å². The summed E-state index contributed by atoms with van der Waals surface area (Å²) in [4.78, 5) is 33.3. The molecule has 3 rings (SSSR count). The van der Waals surface area contributed by atoms with Crippen LogP contribution in [-0.4, -0.2) is 33.9 Å². The van der Waals surface area contributed by atoms with E-state index in [1.807, 2.05) is 6.92 Å². The first-order valence-corrected chi connectivity index (χ1v) is 9.80. The summed E-state index contributed by atoms with van der Waals surface area (Å²) in [5, 5.41) is 4.11. The van der Waals surface area contributed by atoms with E-state index in [0.717, 1.165) is 12.5 Å². The summed E-state index contributed by atoms with van der Waals surface area (Å²) in [6.45, 7) is 2.50. The molecule has 154 valence electrons. The van der Waals surface area contributed by atoms with E-state index in [2.05, 4.69) is 15.3 Å². The highest BCUT2D eigenvalue weighted by atomic mass is 32.1. The maximum Gasteiger partial charge on any atom is 0.418 e. The third kappa shape index (κ3) is 5.21. The maximum atomic E-state index is 13.1. The Morgan fingerprint density at radius 3 is 2.76 bits per heavy atom. The van der Waals surface area contributed by atoms with E-state index in [1.165, 1.54) is 29.5 Å². The number of carbonyl (C=O) groups is 1. The van der Waals surface area contributed by atoms with Gasteiger partial charge in [0.1, 0.15) is 10.5 Å². The van der Waals surface area contributed by atoms with E-state index in [4.69, 9.17) is 0 Å². The minimum atomic E-state index is -4.56. The van der Waals surface area contributed by atoms with Crippen LogP contribution in [0.4, 0.5) is 18.9 Å². The number of H-pyrrole nitrogens is 1. The lowest BCUT2D eigenvalue weighted by Crippen LogP contribution is -2.34. The van der Waals surface area contributed by atoms with Gasteiger partial charge in [0.15, 0.2) is 0 Å². The number of aromatic amines is 1. The van der Waals surface area contributed by atoms with Crippen molar-refractivity contribution in [2.75, 3.05) is 18.4 Å². The summed E-state index contributed by atoms with van der Waals surface area (Å²) in [6, 6.07) is 6.58. The number of fused-ring (bicyclic) bond motifs is 1. The molecule has 2 heterocycles. The van der Waals surface area contributed by atoms with Crippen LogP contribution in [0, 0.1) is 0 Å². The van der Waals surface area contributed by atoms with Crippen molar-refractivity contribution in [3.05, 3.63) is 57.5 Å². The van der Waals surface area contributed by atoms with E-state index < -0.39 is 17.6 Å². The van der Waals surface area contributed by atoms with Gasteiger partial charge in [-0.15, -0.1) is 11.3 Å². The third-order valence-corrected chi connectivity index (χ3v) is 5.05. The summed E-state index contributed by atoms with van der Waals surface area (Å²) in [7, 11) is 0. The fraction of sp³-hybridized carbons (Fsp3) is 0.316. The molecule has 29 heavy (non-hydrogen) atoms. The molecule has 0 saturated heterocycles. The van der Waals surface area contributed by atoms with Crippen LogP contribution in [0.25, 0.3) is 10.2 Å². The molecule has 2 N–H and O–H groups in total. The molecule has 1 aromatic carbocycles. The molecule has 0 fully saturated rings. The second-order valence-corrected chi connectivity index (χ2v) is 7.37. The molecule has 0 atom stereocenters. The lowest BCUT2D eigenvalue weighted by molar-refractivity contribution is -0.137. The Morgan fingerprint density at radius 2 is 2.03 bits per heavy atom. The Labute approximate surface area is 168 Å². The van der Waals surface area contributed by atoms with Crippen LogP contribution in [-0.2, 0) is 17.5 Å². The summed E-state index contributed by atoms with van der Waals surface area (Å²) in [5.41, 5.74) is -0.856. The summed E-state index contributed by atoms with van der Waals surface area (Å²) >= 11 is 1.29. The van der Waals surface area contributed by atoms with Crippen molar-refractivity contribution < 1.29 is 18.0 Å². The molecular weight excluding hydrogens is 405 g/mol. The van der Waals surface area contributed by atoms with E-state index >= 15 is 0 Å². The van der Waals surface area contributed by atoms with Gasteiger partial charge in [-0.2, -0.15) is 13.2 Å². The van der Waals surface area contributed by atoms with Gasteiger partial charge in [-0.1, -0.05) is 19.1 Å². The first-order valence-electron chi connectivity index (χ1n) is 8.92. The molecule has 0 bridgehead atoms. The normalized spacial score (nSPS) is 11.9. The molecule has 1 amide bonds. The Morgan fingerprint density at radius 1 is 1.28 bits per heavy atom. The van der Waals surface area contributed by atoms with Crippen LogP contribution in [0.3, 0.4) is 0 Å². The Hall–Kier alpha value is -2.72. The predicted octanol–water partition coefficient (Wildman–Crippen LogP) is 3.85. The number of alkyl halides is 3. The number of amides is 1. The zero-order valence-electron chi connectivity index (χ0n) is 15.5. The van der Waals surface area contributed by atoms with Crippen molar-refractivity contribution in [2.24, 2.45) is 0 Å². The lowest BCUT2D eigenvalue weighted by atomic mass is 10.1. The number of nitrogens with one attached hydrogen (secondary N) is 2. The number of carbonyl (C=O) groups excluding carboxylic acids is 1. The second kappa shape index (κ2) is 8.75. The van der Waals surface area contributed by atoms with Crippen molar-refractivity contribution in [3.63, 3.8) is 0 Å². The number of rotatable bonds is 7. The zero-order chi connectivity index (χ0) is 21.0. The van der Waals surface area contributed by atoms with Crippen molar-refractivity contribution >= 4 is 33.1 Å². The number of aromatic nitrogens is 2. The molecule has 0 radical (unpaired) electrons. The van der Waals surface area contributed by atoms with Crippen LogP contribution < -0.4 is 10.9 Å². The number of para-hydroxylation sites is 1. The smallest absolute Gasteiger partial charge is 0.324 e. The van der Waals surface area contributed by atoms with Crippen LogP contribution >= 0.6 is 11.3 Å². The van der Waals surface area contributed by atoms with E-state index in [9.17, 15) is 22.8 Å². The van der Waals surface area contributed by atoms with Gasteiger partial charge in [-0.25, -0.2) is 4.98 Å². The Balaban J connectivity index is 1.73. The van der Waals surface area contributed by atoms with Gasteiger partial charge in [0, 0.05) is 0 Å². The van der Waals surface area contributed by atoms with Crippen LogP contribution in [0.5, 0.6) is 0 Å². The number of hydrogen-bond donors (Lipinski definition) is 2. The fourth-order valence-corrected chi connectivity index (χ4v) is 3.70. The third-order valence-electron chi connectivity index (χ3n) is 4.15. The maximum absolute atomic E-state index is 13.1. The predicted molar refractivity (Wildman–Crippen MR) is 106 cm³/mol. The highest BCUT2D eigenvalue weighted by Gasteiger charge is 2.33. The summed E-state index contributed by atoms with van der Waals surface area (Å²) in [6.07, 6.45) is -3.84. The monoisotopic (exact) mass is 424 g/mol. The topological polar surface area (TPSA) is 78.1 Å². The van der Waals surface area contributed by atoms with Gasteiger partial charge in [0.05, 0.1) is 29.9 Å². The largest absolute Gasteiger partial charge is 0.418 e. The van der Waals surface area contributed by atoms with Crippen LogP contribution in [0.1, 0.15) is 24.7 Å². The molecule has 6 nitrogen and oxygen atoms in total. The van der Waals surface area contributed by atoms with Crippen molar-refractivity contribution in [1.29, 1.82) is 0 Å². The van der Waals surface area contributed by atoms with Gasteiger partial charge in [0.2, 0.25) is 5.91 Å². The van der Waals surface area contributed by atoms with Gasteiger partial charge in [-0.3, -0.25) is 14.5 Å². The van der Waals surface area contributed by atoms with E-state index in [1.54, 1.807) is 16.3 Å². The number of nitrogens with zero attached hydrogens (tertiary/aromatic N) is 2. The first-order chi connectivity index (χ1) is 13.8. The molecule has 0 spiro atoms. The molecule has 2 aromatic heterocycles. The number of benzene rings is 1. The van der Waals surface area contributed by atoms with Crippen LogP contribution in [0.2, 0.25) is 0 Å². The second-order valence-electron chi connectivity index (χ2n) is 6.45. The number of anilines is 1. The number of halogens is 3. The van der Waals surface area contributed by atoms with E-state index in [-0.39, 0.29) is 24.3 Å². The molecule has 0 unspecified atom stereocenters. The zero-order valence-corrected chi connectivity index (χ0v) is 16.4. The van der Waals surface area contributed by atoms with Gasteiger partial charge >= 0.3 is 6.18 Å². The molecule has 0 saturated carbocycles. The average molecular weight is 424 g/mol. The number of hydrogen-bond acceptors (Lipinski definition) is 5. The first kappa shape index (κ1) is 21.0. The van der Waals surface area contributed by atoms with Crippen LogP contribution in [0.15, 0.2) is 40.5 Å². The lowest BCUT2D eigenvalue weighted by Gasteiger charge is -2.21. The standard InChI is InChI=1S/C19H19F3N4O2S/c1-2-8-26(10-15-23-14-7-9-29-17(14)18(28)25-15)11-16(27)24-13-6-4-3-5-12(13)19(20,21)22/h3-7,9H,2,8,10-11H2,1H3,(H,24,27)(H,23,25,28). The summed E-state index contributed by atoms with van der Waals surface area (Å²) in [5.74, 6) is -0.174. The van der Waals surface area contributed by atoms with Gasteiger partial charge in [-0.05, 0) is 36.5 Å². The molecular formula is C19H19F3N4O2S. The molecule has 0 aliphatic rings. The molecule has 0 aliphatic heterocycles. The molecule has 0 aliphatic carbocycles. The minimum absolute atomic E-state index is 0.134. The highest BCUT2D eigenvalue weighted by Crippen LogP contribution is 2.34. The Bertz CT molecular complexity index is 1060. The highest BCUT2D eigenvalue weighted by molar-refractivity contribution is 7.17.